The summed E-state index contributed by atoms with van der Waals surface area (Å²) in [5.41, 5.74) is 0.520. The first-order valence-corrected chi connectivity index (χ1v) is 19.1. The number of ether oxygens (including phenoxy) is 3. The standard InChI is InChI=1S/C34H58O5Si/c1-21(12-15-27(35)36-9)23-13-14-24-28-25(17-19-33(23,24)7)34(8)18-16-22(39-40(10,11)31(2,3)4)20-26(34)29-30(28)38-32(5,6)37-29/h12,15,21-26,28-30H,13-14,16-20H2,1-11H3/t21-,22-,23?,24?,25?,26?,28?,29-,30-,33-,34-/m1/s1. The van der Waals surface area contributed by atoms with Gasteiger partial charge < -0.3 is 18.6 Å². The van der Waals surface area contributed by atoms with Crippen molar-refractivity contribution in [2.24, 2.45) is 46.3 Å². The van der Waals surface area contributed by atoms with Crippen LogP contribution in [-0.4, -0.2) is 45.5 Å². The largest absolute Gasteiger partial charge is 0.466 e. The molecule has 0 aromatic rings. The smallest absolute Gasteiger partial charge is 0.330 e. The van der Waals surface area contributed by atoms with Gasteiger partial charge in [0, 0.05) is 12.2 Å². The molecule has 5 unspecified atom stereocenters. The summed E-state index contributed by atoms with van der Waals surface area (Å²) in [7, 11) is -0.384. The lowest BCUT2D eigenvalue weighted by atomic mass is 9.43. The highest BCUT2D eigenvalue weighted by atomic mass is 28.4. The van der Waals surface area contributed by atoms with Gasteiger partial charge in [-0.1, -0.05) is 47.6 Å². The number of hydrogen-bond acceptors (Lipinski definition) is 5. The van der Waals surface area contributed by atoms with Gasteiger partial charge in [-0.15, -0.1) is 0 Å². The highest BCUT2D eigenvalue weighted by Crippen LogP contribution is 2.70. The summed E-state index contributed by atoms with van der Waals surface area (Å²) in [6, 6.07) is 0. The predicted molar refractivity (Wildman–Crippen MR) is 162 cm³/mol. The second-order valence-corrected chi connectivity index (χ2v) is 21.5. The maximum Gasteiger partial charge on any atom is 0.330 e. The fourth-order valence-electron chi connectivity index (χ4n) is 10.2. The molecule has 4 aliphatic carbocycles. The van der Waals surface area contributed by atoms with Crippen molar-refractivity contribution in [3.63, 3.8) is 0 Å². The summed E-state index contributed by atoms with van der Waals surface area (Å²) >= 11 is 0. The topological polar surface area (TPSA) is 54.0 Å². The normalized spacial score (nSPS) is 45.4. The molecular formula is C34H58O5Si. The number of rotatable bonds is 5. The first-order valence-electron chi connectivity index (χ1n) is 16.2. The van der Waals surface area contributed by atoms with Gasteiger partial charge in [-0.05, 0) is 123 Å². The number of carbonyl (C=O) groups is 1. The lowest BCUT2D eigenvalue weighted by molar-refractivity contribution is -0.189. The van der Waals surface area contributed by atoms with Crippen molar-refractivity contribution in [3.05, 3.63) is 12.2 Å². The van der Waals surface area contributed by atoms with Crippen molar-refractivity contribution >= 4 is 14.3 Å². The minimum atomic E-state index is -1.84. The van der Waals surface area contributed by atoms with Crippen LogP contribution in [-0.2, 0) is 23.4 Å². The number of hydrogen-bond donors (Lipinski definition) is 0. The molecule has 4 saturated carbocycles. The second kappa shape index (κ2) is 10.2. The Bertz CT molecular complexity index is 999. The molecule has 5 fully saturated rings. The number of carbonyl (C=O) groups excluding carboxylic acids is 1. The Labute approximate surface area is 245 Å². The molecular weight excluding hydrogens is 516 g/mol. The van der Waals surface area contributed by atoms with E-state index in [-0.39, 0.29) is 34.0 Å². The predicted octanol–water partition coefficient (Wildman–Crippen LogP) is 8.14. The molecule has 5 nitrogen and oxygen atoms in total. The highest BCUT2D eigenvalue weighted by molar-refractivity contribution is 6.74. The van der Waals surface area contributed by atoms with E-state index in [2.05, 4.69) is 74.6 Å². The maximum absolute atomic E-state index is 11.8. The van der Waals surface area contributed by atoms with Crippen molar-refractivity contribution in [2.75, 3.05) is 7.11 Å². The van der Waals surface area contributed by atoms with Crippen LogP contribution >= 0.6 is 0 Å². The van der Waals surface area contributed by atoms with Crippen LogP contribution in [0.4, 0.5) is 0 Å². The zero-order valence-corrected chi connectivity index (χ0v) is 28.3. The summed E-state index contributed by atoms with van der Waals surface area (Å²) in [4.78, 5) is 11.8. The second-order valence-electron chi connectivity index (χ2n) is 16.7. The summed E-state index contributed by atoms with van der Waals surface area (Å²) in [5, 5.41) is 0.221. The van der Waals surface area contributed by atoms with E-state index in [1.54, 1.807) is 6.08 Å². The highest BCUT2D eigenvalue weighted by Gasteiger charge is 2.68. The van der Waals surface area contributed by atoms with Crippen LogP contribution < -0.4 is 0 Å². The third-order valence-electron chi connectivity index (χ3n) is 13.2. The van der Waals surface area contributed by atoms with Gasteiger partial charge in [0.2, 0.25) is 0 Å². The van der Waals surface area contributed by atoms with Crippen LogP contribution in [0.2, 0.25) is 18.1 Å². The molecule has 0 aromatic carbocycles. The van der Waals surface area contributed by atoms with Crippen LogP contribution in [0.3, 0.4) is 0 Å². The minimum absolute atomic E-state index is 0.144. The molecule has 228 valence electrons. The van der Waals surface area contributed by atoms with Crippen LogP contribution in [0.5, 0.6) is 0 Å². The molecule has 11 atom stereocenters. The van der Waals surface area contributed by atoms with Gasteiger partial charge in [0.1, 0.15) is 0 Å². The molecule has 0 N–H and O–H groups in total. The van der Waals surface area contributed by atoms with E-state index in [1.807, 2.05) is 0 Å². The average Bonchev–Trinajstić information content (AvgIpc) is 3.37. The Morgan fingerprint density at radius 3 is 2.20 bits per heavy atom. The number of allylic oxidation sites excluding steroid dienone is 1. The molecule has 5 aliphatic rings. The Balaban J connectivity index is 1.43. The van der Waals surface area contributed by atoms with Gasteiger partial charge in [0.25, 0.3) is 0 Å². The van der Waals surface area contributed by atoms with E-state index < -0.39 is 14.1 Å². The number of fused-ring (bicyclic) bond motifs is 8. The molecule has 5 rings (SSSR count). The van der Waals surface area contributed by atoms with E-state index in [1.165, 1.54) is 45.6 Å². The third kappa shape index (κ3) is 4.99. The van der Waals surface area contributed by atoms with Crippen molar-refractivity contribution < 1.29 is 23.4 Å². The van der Waals surface area contributed by atoms with Crippen LogP contribution in [0, 0.1) is 46.3 Å². The van der Waals surface area contributed by atoms with Crippen LogP contribution in [0.25, 0.3) is 0 Å². The summed E-state index contributed by atoms with van der Waals surface area (Å²) in [6.45, 7) is 23.6. The van der Waals surface area contributed by atoms with E-state index >= 15 is 0 Å². The molecule has 0 spiro atoms. The minimum Gasteiger partial charge on any atom is -0.466 e. The fourth-order valence-corrected chi connectivity index (χ4v) is 11.6. The Kier molecular flexibility index (Phi) is 7.84. The number of esters is 1. The molecule has 1 heterocycles. The molecule has 1 saturated heterocycles. The molecule has 0 radical (unpaired) electrons. The summed E-state index contributed by atoms with van der Waals surface area (Å²) < 4.78 is 25.7. The zero-order valence-electron chi connectivity index (χ0n) is 27.3. The van der Waals surface area contributed by atoms with Crippen molar-refractivity contribution in [3.8, 4) is 0 Å². The van der Waals surface area contributed by atoms with Crippen LogP contribution in [0.1, 0.15) is 100 Å². The molecule has 1 aliphatic heterocycles. The van der Waals surface area contributed by atoms with Gasteiger partial charge in [0.15, 0.2) is 14.1 Å². The molecule has 0 aromatic heterocycles. The van der Waals surface area contributed by atoms with Crippen LogP contribution in [0.15, 0.2) is 12.2 Å². The van der Waals surface area contributed by atoms with E-state index in [0.29, 0.717) is 41.6 Å². The van der Waals surface area contributed by atoms with E-state index in [0.717, 1.165) is 6.42 Å². The van der Waals surface area contributed by atoms with Crippen molar-refractivity contribution in [2.45, 2.75) is 143 Å². The fraction of sp³-hybridized carbons (Fsp3) is 0.912. The molecule has 6 heteroatoms. The van der Waals surface area contributed by atoms with Gasteiger partial charge in [-0.3, -0.25) is 0 Å². The van der Waals surface area contributed by atoms with Crippen molar-refractivity contribution in [1.82, 2.24) is 0 Å². The third-order valence-corrected chi connectivity index (χ3v) is 17.7. The summed E-state index contributed by atoms with van der Waals surface area (Å²) in [6.07, 6.45) is 12.9. The van der Waals surface area contributed by atoms with Gasteiger partial charge in [-0.2, -0.15) is 0 Å². The first-order chi connectivity index (χ1) is 18.4. The lowest BCUT2D eigenvalue weighted by Crippen LogP contribution is -2.64. The van der Waals surface area contributed by atoms with Gasteiger partial charge in [-0.25, -0.2) is 4.79 Å². The SMILES string of the molecule is COC(=O)C=C[C@@H](C)C1CCC2C3C(CC[C@@]21C)[C@@]1(C)CC[C@@H](O[Si](C)(C)C(C)(C)C)CC1[C@H]1OC(C)(C)O[C@H]31. The zero-order chi connectivity index (χ0) is 29.5. The molecule has 0 bridgehead atoms. The van der Waals surface area contributed by atoms with E-state index in [4.69, 9.17) is 18.6 Å². The van der Waals surface area contributed by atoms with E-state index in [9.17, 15) is 4.79 Å². The Morgan fingerprint density at radius 2 is 1.55 bits per heavy atom. The monoisotopic (exact) mass is 574 g/mol. The quantitative estimate of drug-likeness (QED) is 0.188. The lowest BCUT2D eigenvalue weighted by Gasteiger charge is -2.64. The Hall–Kier alpha value is -0.693. The van der Waals surface area contributed by atoms with Crippen molar-refractivity contribution in [1.29, 1.82) is 0 Å². The molecule has 40 heavy (non-hydrogen) atoms. The Morgan fingerprint density at radius 1 is 0.925 bits per heavy atom. The summed E-state index contributed by atoms with van der Waals surface area (Å²) in [5.74, 6) is 2.45. The van der Waals surface area contributed by atoms with Gasteiger partial charge in [0.05, 0.1) is 19.3 Å². The van der Waals surface area contributed by atoms with Gasteiger partial charge >= 0.3 is 5.97 Å². The molecule has 0 amide bonds. The average molecular weight is 575 g/mol. The number of methoxy groups -OCH3 is 1. The maximum atomic E-state index is 11.8. The first kappa shape index (κ1) is 30.8.